The Balaban J connectivity index is 1.63. The van der Waals surface area contributed by atoms with E-state index in [9.17, 15) is 19.7 Å². The lowest BCUT2D eigenvalue weighted by atomic mass is 9.95. The molecule has 3 aromatic carbocycles. The average molecular weight is 528 g/mol. The Kier molecular flexibility index (Phi) is 7.45. The molecular weight excluding hydrogens is 498 g/mol. The van der Waals surface area contributed by atoms with Crippen LogP contribution in [0.1, 0.15) is 56.3 Å². The number of carbonyl (C=O) groups excluding carboxylic acids is 2. The van der Waals surface area contributed by atoms with Crippen molar-refractivity contribution in [1.29, 1.82) is 0 Å². The van der Waals surface area contributed by atoms with Crippen molar-refractivity contribution in [3.05, 3.63) is 87.0 Å². The first kappa shape index (κ1) is 26.2. The van der Waals surface area contributed by atoms with Crippen molar-refractivity contribution in [3.63, 3.8) is 0 Å². The Morgan fingerprint density at radius 1 is 1.05 bits per heavy atom. The van der Waals surface area contributed by atoms with Crippen molar-refractivity contribution < 1.29 is 28.7 Å². The quantitative estimate of drug-likeness (QED) is 0.0887. The highest BCUT2D eigenvalue weighted by Gasteiger charge is 2.31. The Labute approximate surface area is 225 Å². The fourth-order valence-corrected chi connectivity index (χ4v) is 5.23. The van der Waals surface area contributed by atoms with E-state index < -0.39 is 17.0 Å². The van der Waals surface area contributed by atoms with Crippen molar-refractivity contribution in [3.8, 4) is 11.5 Å². The van der Waals surface area contributed by atoms with E-state index in [-0.39, 0.29) is 23.4 Å². The highest BCUT2D eigenvalue weighted by molar-refractivity contribution is 6.21. The fraction of sp³-hybridized carbons (Fsp3) is 0.290. The first-order chi connectivity index (χ1) is 18.9. The van der Waals surface area contributed by atoms with Gasteiger partial charge in [0, 0.05) is 17.9 Å². The lowest BCUT2D eigenvalue weighted by Crippen LogP contribution is -2.18. The number of hydrogen-bond donors (Lipinski definition) is 0. The smallest absolute Gasteiger partial charge is 0.339 e. The maximum atomic E-state index is 13.8. The van der Waals surface area contributed by atoms with Crippen LogP contribution in [-0.4, -0.2) is 30.1 Å². The molecule has 0 bridgehead atoms. The average Bonchev–Trinajstić information content (AvgIpc) is 3.39. The highest BCUT2D eigenvalue weighted by Crippen LogP contribution is 2.47. The number of ether oxygens (including phenoxy) is 3. The summed E-state index contributed by atoms with van der Waals surface area (Å²) in [5.74, 6) is -0.0577. The van der Waals surface area contributed by atoms with Gasteiger partial charge in [0.1, 0.15) is 12.4 Å². The van der Waals surface area contributed by atoms with Crippen molar-refractivity contribution in [1.82, 2.24) is 0 Å². The summed E-state index contributed by atoms with van der Waals surface area (Å²) >= 11 is 0. The molecule has 0 saturated carbocycles. The van der Waals surface area contributed by atoms with Crippen molar-refractivity contribution in [2.75, 3.05) is 6.79 Å². The molecule has 0 radical (unpaired) electrons. The summed E-state index contributed by atoms with van der Waals surface area (Å²) in [6, 6.07) is 10.1. The molecule has 0 amide bonds. The number of aldehydes is 1. The van der Waals surface area contributed by atoms with Crippen LogP contribution in [-0.2, 0) is 9.53 Å². The summed E-state index contributed by atoms with van der Waals surface area (Å²) in [4.78, 5) is 37.3. The van der Waals surface area contributed by atoms with Crippen molar-refractivity contribution >= 4 is 39.5 Å². The fourth-order valence-electron chi connectivity index (χ4n) is 5.23. The van der Waals surface area contributed by atoms with Gasteiger partial charge in [-0.2, -0.15) is 0 Å². The molecule has 1 aliphatic heterocycles. The molecule has 5 rings (SSSR count). The van der Waals surface area contributed by atoms with Crippen LogP contribution in [0.25, 0.3) is 21.5 Å². The minimum atomic E-state index is -0.737. The number of nitro benzene ring substituents is 1. The molecule has 2 aliphatic rings. The Morgan fingerprint density at radius 3 is 2.62 bits per heavy atom. The van der Waals surface area contributed by atoms with E-state index in [4.69, 9.17) is 14.2 Å². The molecule has 39 heavy (non-hydrogen) atoms. The van der Waals surface area contributed by atoms with Crippen LogP contribution < -0.4 is 9.47 Å². The zero-order valence-corrected chi connectivity index (χ0v) is 21.9. The second kappa shape index (κ2) is 11.1. The normalized spacial score (nSPS) is 21.9. The number of hydrogen-bond acceptors (Lipinski definition) is 7. The summed E-state index contributed by atoms with van der Waals surface area (Å²) in [6.45, 7) is 3.99. The zero-order valence-electron chi connectivity index (χ0n) is 21.9. The van der Waals surface area contributed by atoms with E-state index in [1.54, 1.807) is 18.2 Å². The largest absolute Gasteiger partial charge is 0.454 e. The van der Waals surface area contributed by atoms with Gasteiger partial charge in [-0.05, 0) is 68.0 Å². The third-order valence-electron chi connectivity index (χ3n) is 7.15. The summed E-state index contributed by atoms with van der Waals surface area (Å²) in [7, 11) is 0. The summed E-state index contributed by atoms with van der Waals surface area (Å²) in [6.07, 6.45) is 9.43. The summed E-state index contributed by atoms with van der Waals surface area (Å²) in [5.41, 5.74) is 2.62. The molecule has 8 nitrogen and oxygen atoms in total. The van der Waals surface area contributed by atoms with E-state index in [0.717, 1.165) is 24.7 Å². The molecule has 1 heterocycles. The van der Waals surface area contributed by atoms with E-state index in [0.29, 0.717) is 52.5 Å². The molecule has 0 unspecified atom stereocenters. The Morgan fingerprint density at radius 2 is 1.82 bits per heavy atom. The van der Waals surface area contributed by atoms with Gasteiger partial charge >= 0.3 is 5.97 Å². The second-order valence-corrected chi connectivity index (χ2v) is 9.97. The molecule has 0 N–H and O–H groups in total. The van der Waals surface area contributed by atoms with Gasteiger partial charge in [-0.25, -0.2) is 4.79 Å². The third-order valence-corrected chi connectivity index (χ3v) is 7.15. The molecule has 0 saturated heterocycles. The van der Waals surface area contributed by atoms with Crippen LogP contribution >= 0.6 is 0 Å². The first-order valence-electron chi connectivity index (χ1n) is 13.0. The van der Waals surface area contributed by atoms with E-state index in [1.807, 2.05) is 19.1 Å². The molecule has 200 valence electrons. The lowest BCUT2D eigenvalue weighted by molar-refractivity contribution is -0.383. The van der Waals surface area contributed by atoms with Crippen LogP contribution in [0.2, 0.25) is 0 Å². The summed E-state index contributed by atoms with van der Waals surface area (Å²) < 4.78 is 17.3. The molecule has 1 atom stereocenters. The number of carbonyl (C=O) groups is 2. The van der Waals surface area contributed by atoms with E-state index in [2.05, 4.69) is 19.1 Å². The van der Waals surface area contributed by atoms with Crippen molar-refractivity contribution in [2.24, 2.45) is 0 Å². The Bertz CT molecular complexity index is 1580. The van der Waals surface area contributed by atoms with Gasteiger partial charge in [0.2, 0.25) is 6.79 Å². The first-order valence-corrected chi connectivity index (χ1v) is 13.0. The number of allylic oxidation sites excluding steroid dienone is 4. The summed E-state index contributed by atoms with van der Waals surface area (Å²) in [5, 5.41) is 14.1. The molecule has 8 heteroatoms. The molecule has 0 aromatic heterocycles. The number of nitrogens with zero attached hydrogens (tertiary/aromatic N) is 1. The van der Waals surface area contributed by atoms with E-state index in [1.165, 1.54) is 17.7 Å². The minimum Gasteiger partial charge on any atom is -0.454 e. The van der Waals surface area contributed by atoms with Crippen LogP contribution in [0.5, 0.6) is 11.5 Å². The van der Waals surface area contributed by atoms with Gasteiger partial charge in [-0.3, -0.25) is 14.9 Å². The predicted molar refractivity (Wildman–Crippen MR) is 148 cm³/mol. The number of fused-ring (bicyclic) bond motifs is 5. The lowest BCUT2D eigenvalue weighted by Gasteiger charge is -2.18. The topological polar surface area (TPSA) is 105 Å². The van der Waals surface area contributed by atoms with Crippen LogP contribution in [0.3, 0.4) is 0 Å². The van der Waals surface area contributed by atoms with Gasteiger partial charge in [-0.15, -0.1) is 0 Å². The maximum Gasteiger partial charge on any atom is 0.339 e. The maximum absolute atomic E-state index is 13.8. The number of nitro groups is 1. The zero-order chi connectivity index (χ0) is 27.5. The van der Waals surface area contributed by atoms with Gasteiger partial charge < -0.3 is 14.2 Å². The SMILES string of the molecule is C/C1=C/CC/C(C=O)=C\[C@H](OC(=O)c2cc3c(c4c2c([N+](=O)[O-])cc2ccccc24)OCO3)C/C(C)=C\CC1. The minimum absolute atomic E-state index is 0.0130. The van der Waals surface area contributed by atoms with Gasteiger partial charge in [0.05, 0.1) is 15.9 Å². The number of non-ortho nitro benzene ring substituents is 1. The van der Waals surface area contributed by atoms with Crippen LogP contribution in [0, 0.1) is 10.1 Å². The number of benzene rings is 3. The molecule has 0 spiro atoms. The highest BCUT2D eigenvalue weighted by atomic mass is 16.7. The van der Waals surface area contributed by atoms with Gasteiger partial charge in [0.15, 0.2) is 11.5 Å². The van der Waals surface area contributed by atoms with Gasteiger partial charge in [-0.1, -0.05) is 47.6 Å². The molecule has 1 aliphatic carbocycles. The standard InChI is InChI=1S/C31H29NO7/c1-19-7-5-9-20(2)13-23(14-21(17-33)10-6-8-19)39-31(34)25-16-27-30(38-18-37-27)29-24-12-4-3-11-22(24)15-26(28(25)29)32(35)36/h3-4,8-9,11-12,14-17,23H,5-7,10,13,18H2,1-2H3/b19-8-,20-9-,21-14+/t23-/m1/s1. The Hall–Kier alpha value is -4.46. The number of esters is 1. The van der Waals surface area contributed by atoms with Crippen LogP contribution in [0.15, 0.2) is 71.3 Å². The second-order valence-electron chi connectivity index (χ2n) is 9.97. The predicted octanol–water partition coefficient (Wildman–Crippen LogP) is 7.14. The van der Waals surface area contributed by atoms with E-state index >= 15 is 0 Å². The molecule has 3 aromatic rings. The van der Waals surface area contributed by atoms with Gasteiger partial charge in [0.25, 0.3) is 5.69 Å². The molecular formula is C31H29NO7. The van der Waals surface area contributed by atoms with Crippen molar-refractivity contribution in [2.45, 2.75) is 52.1 Å². The number of rotatable bonds is 4. The van der Waals surface area contributed by atoms with Crippen LogP contribution in [0.4, 0.5) is 5.69 Å². The monoisotopic (exact) mass is 527 g/mol. The third kappa shape index (κ3) is 5.41. The molecule has 0 fully saturated rings.